The molecule has 0 radical (unpaired) electrons. The summed E-state index contributed by atoms with van der Waals surface area (Å²) in [4.78, 5) is 24.1. The highest BCUT2D eigenvalue weighted by Crippen LogP contribution is 2.26. The van der Waals surface area contributed by atoms with E-state index in [1.807, 2.05) is 13.2 Å². The number of benzene rings is 1. The van der Waals surface area contributed by atoms with Crippen LogP contribution in [0, 0.1) is 12.3 Å². The molecule has 2 aromatic rings. The van der Waals surface area contributed by atoms with Crippen molar-refractivity contribution in [2.45, 2.75) is 6.92 Å². The lowest BCUT2D eigenvalue weighted by molar-refractivity contribution is 0.0697. The largest absolute Gasteiger partial charge is 0.478 e. The number of hydrogen-bond donors (Lipinski definition) is 3. The number of carboxylic acids is 1. The van der Waals surface area contributed by atoms with Crippen molar-refractivity contribution in [1.82, 2.24) is 4.57 Å². The van der Waals surface area contributed by atoms with Crippen LogP contribution in [0.4, 0.5) is 5.82 Å². The molecule has 0 saturated heterocycles. The number of nitrogens with one attached hydrogen (secondary N) is 2. The van der Waals surface area contributed by atoms with E-state index in [1.54, 1.807) is 19.2 Å². The molecule has 0 amide bonds. The number of nitrogens with zero attached hydrogens (tertiary/aromatic N) is 1. The highest BCUT2D eigenvalue weighted by Gasteiger charge is 2.16. The maximum Gasteiger partial charge on any atom is 0.335 e. The van der Waals surface area contributed by atoms with E-state index in [-0.39, 0.29) is 11.1 Å². The molecule has 7 heteroatoms. The zero-order valence-electron chi connectivity index (χ0n) is 14.2. The first-order valence-corrected chi connectivity index (χ1v) is 8.61. The average Bonchev–Trinajstić information content (AvgIpc) is 2.59. The summed E-state index contributed by atoms with van der Waals surface area (Å²) in [5.41, 5.74) is 2.00. The van der Waals surface area contributed by atoms with E-state index in [0.717, 1.165) is 11.8 Å². The van der Waals surface area contributed by atoms with Gasteiger partial charge in [0.15, 0.2) is 0 Å². The van der Waals surface area contributed by atoms with Gasteiger partial charge in [-0.15, -0.1) is 11.8 Å². The molecule has 0 fully saturated rings. The molecule has 1 heterocycles. The van der Waals surface area contributed by atoms with E-state index < -0.39 is 5.97 Å². The monoisotopic (exact) mass is 357 g/mol. The minimum absolute atomic E-state index is 0.108. The molecule has 0 spiro atoms. The second kappa shape index (κ2) is 7.40. The Morgan fingerprint density at radius 2 is 2.04 bits per heavy atom. The first kappa shape index (κ1) is 18.5. The molecule has 0 unspecified atom stereocenters. The average molecular weight is 357 g/mol. The first-order valence-electron chi connectivity index (χ1n) is 7.38. The second-order valence-electron chi connectivity index (χ2n) is 5.46. The summed E-state index contributed by atoms with van der Waals surface area (Å²) in [6.07, 6.45) is 3.00. The third-order valence-corrected chi connectivity index (χ3v) is 4.47. The van der Waals surface area contributed by atoms with E-state index in [9.17, 15) is 14.7 Å². The molecular weight excluding hydrogens is 338 g/mol. The Labute approximate surface area is 149 Å². The van der Waals surface area contributed by atoms with Crippen molar-refractivity contribution in [2.75, 3.05) is 11.6 Å². The van der Waals surface area contributed by atoms with Crippen LogP contribution >= 0.6 is 11.8 Å². The lowest BCUT2D eigenvalue weighted by Gasteiger charge is -2.17. The van der Waals surface area contributed by atoms with E-state index in [1.165, 1.54) is 28.5 Å². The van der Waals surface area contributed by atoms with Crippen LogP contribution < -0.4 is 10.9 Å². The van der Waals surface area contributed by atoms with Gasteiger partial charge in [0.2, 0.25) is 0 Å². The summed E-state index contributed by atoms with van der Waals surface area (Å²) < 4.78 is 1.41. The van der Waals surface area contributed by atoms with Gasteiger partial charge in [0.05, 0.1) is 10.6 Å². The number of carbonyl (C=O) groups is 1. The molecule has 0 aliphatic rings. The Bertz CT molecular complexity index is 932. The zero-order valence-corrected chi connectivity index (χ0v) is 15.0. The van der Waals surface area contributed by atoms with Crippen LogP contribution in [0.25, 0.3) is 11.1 Å². The third kappa shape index (κ3) is 3.66. The summed E-state index contributed by atoms with van der Waals surface area (Å²) in [5, 5.41) is 20.5. The lowest BCUT2D eigenvalue weighted by atomic mass is 9.98. The second-order valence-corrected chi connectivity index (χ2v) is 6.36. The molecule has 3 N–H and O–H groups in total. The molecule has 0 bridgehead atoms. The molecule has 2 rings (SSSR count). The smallest absolute Gasteiger partial charge is 0.335 e. The third-order valence-electron chi connectivity index (χ3n) is 3.88. The van der Waals surface area contributed by atoms with Gasteiger partial charge in [-0.2, -0.15) is 0 Å². The maximum absolute atomic E-state index is 12.8. The van der Waals surface area contributed by atoms with Crippen LogP contribution in [0.1, 0.15) is 21.5 Å². The number of aromatic nitrogens is 1. The predicted molar refractivity (Wildman–Crippen MR) is 103 cm³/mol. The van der Waals surface area contributed by atoms with E-state index >= 15 is 0 Å². The topological polar surface area (TPSA) is 95.2 Å². The van der Waals surface area contributed by atoms with Gasteiger partial charge in [0.25, 0.3) is 5.56 Å². The lowest BCUT2D eigenvalue weighted by Crippen LogP contribution is -2.23. The van der Waals surface area contributed by atoms with Crippen molar-refractivity contribution in [3.63, 3.8) is 0 Å². The van der Waals surface area contributed by atoms with Crippen molar-refractivity contribution in [3.05, 3.63) is 62.9 Å². The summed E-state index contributed by atoms with van der Waals surface area (Å²) in [6.45, 7) is 5.65. The zero-order chi connectivity index (χ0) is 18.7. The minimum atomic E-state index is -1.06. The molecule has 0 aliphatic heterocycles. The summed E-state index contributed by atoms with van der Waals surface area (Å²) in [5.74, 6) is -0.588. The normalized spacial score (nSPS) is 10.4. The highest BCUT2D eigenvalue weighted by atomic mass is 32.2. The molecule has 6 nitrogen and oxygen atoms in total. The van der Waals surface area contributed by atoms with Crippen molar-refractivity contribution in [3.8, 4) is 11.1 Å². The van der Waals surface area contributed by atoms with Crippen LogP contribution in [0.2, 0.25) is 0 Å². The van der Waals surface area contributed by atoms with Gasteiger partial charge >= 0.3 is 5.97 Å². The Kier molecular flexibility index (Phi) is 5.48. The van der Waals surface area contributed by atoms with Crippen LogP contribution in [0.15, 0.2) is 40.7 Å². The van der Waals surface area contributed by atoms with Crippen LogP contribution in [0.5, 0.6) is 0 Å². The summed E-state index contributed by atoms with van der Waals surface area (Å²) >= 11 is 1.40. The SMILES string of the molecule is C=C(Nc1c(C=N)cc(-c2cc(C(=O)O)ccc2C)c(=O)n1C)SC. The number of hydrogen-bond acceptors (Lipinski definition) is 5. The van der Waals surface area contributed by atoms with Gasteiger partial charge in [-0.1, -0.05) is 12.6 Å². The fraction of sp³-hybridized carbons (Fsp3) is 0.167. The van der Waals surface area contributed by atoms with Crippen molar-refractivity contribution < 1.29 is 9.90 Å². The Hall–Kier alpha value is -2.80. The highest BCUT2D eigenvalue weighted by molar-refractivity contribution is 8.02. The van der Waals surface area contributed by atoms with Gasteiger partial charge in [-0.05, 0) is 42.5 Å². The summed E-state index contributed by atoms with van der Waals surface area (Å²) in [6, 6.07) is 6.25. The van der Waals surface area contributed by atoms with Crippen molar-refractivity contribution in [1.29, 1.82) is 5.41 Å². The number of anilines is 1. The van der Waals surface area contributed by atoms with Crippen molar-refractivity contribution >= 4 is 29.8 Å². The van der Waals surface area contributed by atoms with Crippen molar-refractivity contribution in [2.24, 2.45) is 7.05 Å². The van der Waals surface area contributed by atoms with E-state index in [2.05, 4.69) is 11.9 Å². The predicted octanol–water partition coefficient (Wildman–Crippen LogP) is 3.30. The van der Waals surface area contributed by atoms with Gasteiger partial charge in [-0.25, -0.2) is 4.79 Å². The Balaban J connectivity index is 2.73. The fourth-order valence-corrected chi connectivity index (χ4v) is 2.65. The summed E-state index contributed by atoms with van der Waals surface area (Å²) in [7, 11) is 1.60. The Morgan fingerprint density at radius 1 is 1.36 bits per heavy atom. The fourth-order valence-electron chi connectivity index (χ4n) is 2.45. The molecule has 0 aliphatic carbocycles. The number of pyridine rings is 1. The number of thioether (sulfide) groups is 1. The molecular formula is C18H19N3O3S. The van der Waals surface area contributed by atoms with Gasteiger partial charge in [0.1, 0.15) is 5.82 Å². The molecule has 0 atom stereocenters. The molecule has 0 saturated carbocycles. The number of carboxylic acid groups (broad SMARTS) is 1. The van der Waals surface area contributed by atoms with Gasteiger partial charge in [0, 0.05) is 24.4 Å². The minimum Gasteiger partial charge on any atom is -0.478 e. The Morgan fingerprint density at radius 3 is 2.60 bits per heavy atom. The first-order chi connectivity index (χ1) is 11.8. The number of rotatable bonds is 6. The molecule has 1 aromatic carbocycles. The number of aromatic carboxylic acids is 1. The van der Waals surface area contributed by atoms with Gasteiger partial charge in [-0.3, -0.25) is 9.36 Å². The van der Waals surface area contributed by atoms with Crippen LogP contribution in [-0.2, 0) is 7.05 Å². The van der Waals surface area contributed by atoms with Crippen LogP contribution in [0.3, 0.4) is 0 Å². The van der Waals surface area contributed by atoms with Gasteiger partial charge < -0.3 is 15.8 Å². The maximum atomic E-state index is 12.8. The van der Waals surface area contributed by atoms with E-state index in [0.29, 0.717) is 27.5 Å². The molecule has 130 valence electrons. The molecule has 25 heavy (non-hydrogen) atoms. The van der Waals surface area contributed by atoms with E-state index in [4.69, 9.17) is 5.41 Å². The quantitative estimate of drug-likeness (QED) is 0.690. The molecule has 1 aromatic heterocycles. The number of aryl methyl sites for hydroxylation is 1. The standard InChI is InChI=1S/C18H19N3O3S/c1-10-5-6-12(18(23)24)7-14(10)15-8-13(9-19)16(20-11(2)25-4)21(3)17(15)22/h5-9,19-20H,2H2,1,3-4H3,(H,23,24). The van der Waals surface area contributed by atoms with Crippen LogP contribution in [-0.4, -0.2) is 28.1 Å².